The van der Waals surface area contributed by atoms with Crippen LogP contribution in [0.25, 0.3) is 22.2 Å². The molecule has 0 bridgehead atoms. The SMILES string of the molecule is Cc1ccc(-c2ccc(N)c(NCc3ccc4ncccc4c3)n2)cc1F. The van der Waals surface area contributed by atoms with Crippen molar-refractivity contribution in [1.29, 1.82) is 0 Å². The van der Waals surface area contributed by atoms with Crippen LogP contribution in [0.4, 0.5) is 15.9 Å². The molecule has 4 rings (SSSR count). The molecule has 0 saturated carbocycles. The Hall–Kier alpha value is -3.47. The Balaban J connectivity index is 1.58. The van der Waals surface area contributed by atoms with E-state index in [1.807, 2.05) is 30.3 Å². The molecule has 4 aromatic rings. The quantitative estimate of drug-likeness (QED) is 0.542. The second-order valence-electron chi connectivity index (χ2n) is 6.48. The number of rotatable bonds is 4. The van der Waals surface area contributed by atoms with Gasteiger partial charge in [0.05, 0.1) is 16.9 Å². The summed E-state index contributed by atoms with van der Waals surface area (Å²) in [4.78, 5) is 8.91. The number of nitrogens with zero attached hydrogens (tertiary/aromatic N) is 2. The summed E-state index contributed by atoms with van der Waals surface area (Å²) in [6, 6.07) is 18.7. The maximum Gasteiger partial charge on any atom is 0.150 e. The predicted molar refractivity (Wildman–Crippen MR) is 108 cm³/mol. The van der Waals surface area contributed by atoms with Gasteiger partial charge in [-0.25, -0.2) is 9.37 Å². The predicted octanol–water partition coefficient (Wildman–Crippen LogP) is 4.94. The van der Waals surface area contributed by atoms with E-state index in [2.05, 4.69) is 21.4 Å². The molecule has 0 saturated heterocycles. The highest BCUT2D eigenvalue weighted by atomic mass is 19.1. The Morgan fingerprint density at radius 1 is 1.04 bits per heavy atom. The van der Waals surface area contributed by atoms with Crippen molar-refractivity contribution in [2.24, 2.45) is 0 Å². The molecule has 3 N–H and O–H groups in total. The number of nitrogens with one attached hydrogen (secondary N) is 1. The van der Waals surface area contributed by atoms with Gasteiger partial charge in [0.2, 0.25) is 0 Å². The number of halogens is 1. The highest BCUT2D eigenvalue weighted by molar-refractivity contribution is 5.79. The van der Waals surface area contributed by atoms with Gasteiger partial charge in [0, 0.05) is 23.7 Å². The Bertz CT molecular complexity index is 1120. The highest BCUT2D eigenvalue weighted by Gasteiger charge is 2.08. The molecule has 27 heavy (non-hydrogen) atoms. The first kappa shape index (κ1) is 17.0. The maximum absolute atomic E-state index is 13.9. The molecule has 2 aromatic carbocycles. The van der Waals surface area contributed by atoms with Crippen molar-refractivity contribution in [3.05, 3.63) is 83.8 Å². The number of aryl methyl sites for hydroxylation is 1. The first-order valence-electron chi connectivity index (χ1n) is 8.71. The van der Waals surface area contributed by atoms with Crippen LogP contribution in [0.3, 0.4) is 0 Å². The minimum absolute atomic E-state index is 0.245. The zero-order valence-electron chi connectivity index (χ0n) is 14.9. The van der Waals surface area contributed by atoms with Crippen LogP contribution in [0, 0.1) is 12.7 Å². The van der Waals surface area contributed by atoms with E-state index in [9.17, 15) is 4.39 Å². The van der Waals surface area contributed by atoms with Crippen molar-refractivity contribution in [3.63, 3.8) is 0 Å². The summed E-state index contributed by atoms with van der Waals surface area (Å²) in [5.41, 5.74) is 10.7. The monoisotopic (exact) mass is 358 g/mol. The van der Waals surface area contributed by atoms with Crippen LogP contribution in [0.2, 0.25) is 0 Å². The third kappa shape index (κ3) is 3.58. The van der Waals surface area contributed by atoms with Crippen LogP contribution in [0.1, 0.15) is 11.1 Å². The van der Waals surface area contributed by atoms with E-state index >= 15 is 0 Å². The van der Waals surface area contributed by atoms with E-state index in [-0.39, 0.29) is 5.82 Å². The van der Waals surface area contributed by atoms with Gasteiger partial charge in [-0.1, -0.05) is 24.3 Å². The number of hydrogen-bond donors (Lipinski definition) is 2. The van der Waals surface area contributed by atoms with Gasteiger partial charge in [-0.2, -0.15) is 0 Å². The van der Waals surface area contributed by atoms with Gasteiger partial charge >= 0.3 is 0 Å². The van der Waals surface area contributed by atoms with E-state index in [1.165, 1.54) is 6.07 Å². The molecular formula is C22H19FN4. The molecule has 0 aliphatic heterocycles. The van der Waals surface area contributed by atoms with E-state index in [0.29, 0.717) is 29.3 Å². The third-order valence-electron chi connectivity index (χ3n) is 4.52. The second kappa shape index (κ2) is 7.03. The molecule has 4 nitrogen and oxygen atoms in total. The zero-order valence-corrected chi connectivity index (χ0v) is 14.9. The molecule has 5 heteroatoms. The molecule has 2 aromatic heterocycles. The van der Waals surface area contributed by atoms with Crippen LogP contribution < -0.4 is 11.1 Å². The standard InChI is InChI=1S/C22H19FN4/c1-14-4-6-17(12-18(14)23)21-9-7-19(24)22(27-21)26-13-15-5-8-20-16(11-15)3-2-10-25-20/h2-12H,13,24H2,1H3,(H,26,27). The van der Waals surface area contributed by atoms with Crippen molar-refractivity contribution in [1.82, 2.24) is 9.97 Å². The molecule has 0 aliphatic carbocycles. The van der Waals surface area contributed by atoms with E-state index < -0.39 is 0 Å². The third-order valence-corrected chi connectivity index (χ3v) is 4.52. The molecule has 0 unspecified atom stereocenters. The Kier molecular flexibility index (Phi) is 4.42. The smallest absolute Gasteiger partial charge is 0.150 e. The van der Waals surface area contributed by atoms with E-state index in [1.54, 1.807) is 31.3 Å². The highest BCUT2D eigenvalue weighted by Crippen LogP contribution is 2.25. The fraction of sp³-hybridized carbons (Fsp3) is 0.0909. The fourth-order valence-electron chi connectivity index (χ4n) is 2.95. The molecule has 0 amide bonds. The average molecular weight is 358 g/mol. The lowest BCUT2D eigenvalue weighted by atomic mass is 10.1. The van der Waals surface area contributed by atoms with Crippen molar-refractivity contribution in [2.75, 3.05) is 11.1 Å². The second-order valence-corrected chi connectivity index (χ2v) is 6.48. The Morgan fingerprint density at radius 2 is 1.93 bits per heavy atom. The topological polar surface area (TPSA) is 63.8 Å². The molecule has 0 fully saturated rings. The van der Waals surface area contributed by atoms with Crippen LogP contribution in [-0.2, 0) is 6.54 Å². The maximum atomic E-state index is 13.9. The molecular weight excluding hydrogens is 339 g/mol. The van der Waals surface area contributed by atoms with Gasteiger partial charge in [-0.3, -0.25) is 4.98 Å². The van der Waals surface area contributed by atoms with Gasteiger partial charge < -0.3 is 11.1 Å². The van der Waals surface area contributed by atoms with Crippen LogP contribution in [0.5, 0.6) is 0 Å². The largest absolute Gasteiger partial charge is 0.396 e. The summed E-state index contributed by atoms with van der Waals surface area (Å²) >= 11 is 0. The number of benzene rings is 2. The summed E-state index contributed by atoms with van der Waals surface area (Å²) < 4.78 is 13.9. The van der Waals surface area contributed by atoms with Gasteiger partial charge in [-0.15, -0.1) is 0 Å². The lowest BCUT2D eigenvalue weighted by molar-refractivity contribution is 0.619. The minimum Gasteiger partial charge on any atom is -0.396 e. The summed E-state index contributed by atoms with van der Waals surface area (Å²) in [6.07, 6.45) is 1.78. The lowest BCUT2D eigenvalue weighted by Crippen LogP contribution is -2.05. The average Bonchev–Trinajstić information content (AvgIpc) is 2.69. The molecule has 2 heterocycles. The summed E-state index contributed by atoms with van der Waals surface area (Å²) in [5, 5.41) is 4.36. The number of pyridine rings is 2. The molecule has 0 aliphatic rings. The minimum atomic E-state index is -0.245. The van der Waals surface area contributed by atoms with Crippen molar-refractivity contribution in [3.8, 4) is 11.3 Å². The van der Waals surface area contributed by atoms with Crippen molar-refractivity contribution in [2.45, 2.75) is 13.5 Å². The summed E-state index contributed by atoms with van der Waals surface area (Å²) in [6.45, 7) is 2.31. The lowest BCUT2D eigenvalue weighted by Gasteiger charge is -2.11. The number of aromatic nitrogens is 2. The van der Waals surface area contributed by atoms with Crippen molar-refractivity contribution < 1.29 is 4.39 Å². The summed E-state index contributed by atoms with van der Waals surface area (Å²) in [7, 11) is 0. The molecule has 0 radical (unpaired) electrons. The Labute approximate surface area is 156 Å². The number of nitrogens with two attached hydrogens (primary N) is 1. The van der Waals surface area contributed by atoms with Gasteiger partial charge in [-0.05, 0) is 54.4 Å². The summed E-state index contributed by atoms with van der Waals surface area (Å²) in [5.74, 6) is 0.338. The number of fused-ring (bicyclic) bond motifs is 1. The van der Waals surface area contributed by atoms with Gasteiger partial charge in [0.25, 0.3) is 0 Å². The van der Waals surface area contributed by atoms with E-state index in [0.717, 1.165) is 22.0 Å². The number of nitrogen functional groups attached to an aromatic ring is 1. The van der Waals surface area contributed by atoms with Crippen molar-refractivity contribution >= 4 is 22.4 Å². The molecule has 134 valence electrons. The normalized spacial score (nSPS) is 10.9. The van der Waals surface area contributed by atoms with Crippen LogP contribution in [-0.4, -0.2) is 9.97 Å². The fourth-order valence-corrected chi connectivity index (χ4v) is 2.95. The van der Waals surface area contributed by atoms with Gasteiger partial charge in [0.1, 0.15) is 11.6 Å². The number of hydrogen-bond acceptors (Lipinski definition) is 4. The number of anilines is 2. The van der Waals surface area contributed by atoms with Crippen LogP contribution >= 0.6 is 0 Å². The molecule has 0 atom stereocenters. The molecule has 0 spiro atoms. The first-order chi connectivity index (χ1) is 13.1. The van der Waals surface area contributed by atoms with E-state index in [4.69, 9.17) is 5.73 Å². The van der Waals surface area contributed by atoms with Gasteiger partial charge in [0.15, 0.2) is 0 Å². The van der Waals surface area contributed by atoms with Crippen LogP contribution in [0.15, 0.2) is 66.9 Å². The zero-order chi connectivity index (χ0) is 18.8. The Morgan fingerprint density at radius 3 is 2.78 bits per heavy atom. The first-order valence-corrected chi connectivity index (χ1v) is 8.71.